The third kappa shape index (κ3) is 5.05. The summed E-state index contributed by atoms with van der Waals surface area (Å²) >= 11 is 1.35. The van der Waals surface area contributed by atoms with Crippen LogP contribution in [0.1, 0.15) is 12.5 Å². The summed E-state index contributed by atoms with van der Waals surface area (Å²) in [5.41, 5.74) is 3.19. The van der Waals surface area contributed by atoms with Crippen LogP contribution in [0.15, 0.2) is 60.0 Å². The van der Waals surface area contributed by atoms with Gasteiger partial charge in [0.15, 0.2) is 5.13 Å². The normalized spacial score (nSPS) is 10.6. The van der Waals surface area contributed by atoms with E-state index in [1.54, 1.807) is 13.2 Å². The van der Waals surface area contributed by atoms with Gasteiger partial charge in [-0.1, -0.05) is 30.3 Å². The van der Waals surface area contributed by atoms with Gasteiger partial charge in [-0.05, 0) is 24.3 Å². The fourth-order valence-corrected chi connectivity index (χ4v) is 3.23. The highest BCUT2D eigenvalue weighted by molar-refractivity contribution is 7.14. The van der Waals surface area contributed by atoms with E-state index in [1.807, 2.05) is 53.9 Å². The molecule has 0 saturated heterocycles. The maximum atomic E-state index is 12.2. The quantitative estimate of drug-likeness (QED) is 0.607. The molecule has 3 aromatic rings. The molecule has 1 heterocycles. The zero-order valence-electron chi connectivity index (χ0n) is 15.4. The molecule has 0 spiro atoms. The van der Waals surface area contributed by atoms with Crippen LogP contribution in [0.2, 0.25) is 0 Å². The average molecular weight is 393 g/mol. The summed E-state index contributed by atoms with van der Waals surface area (Å²) < 4.78 is 5.26. The fourth-order valence-electron chi connectivity index (χ4n) is 2.51. The Bertz CT molecular complexity index is 1010. The van der Waals surface area contributed by atoms with Crippen molar-refractivity contribution in [1.82, 2.24) is 4.98 Å². The number of anilines is 2. The third-order valence-electron chi connectivity index (χ3n) is 3.79. The lowest BCUT2D eigenvalue weighted by molar-refractivity contribution is -0.114. The highest BCUT2D eigenvalue weighted by Gasteiger charge is 2.07. The van der Waals surface area contributed by atoms with E-state index in [2.05, 4.69) is 15.6 Å². The smallest absolute Gasteiger partial charge is 0.250 e. The molecular formula is C21H19N3O3S. The van der Waals surface area contributed by atoms with Gasteiger partial charge in [0.05, 0.1) is 12.8 Å². The number of carbonyl (C=O) groups excluding carboxylic acids is 2. The summed E-state index contributed by atoms with van der Waals surface area (Å²) in [6, 6.07) is 14.8. The second-order valence-electron chi connectivity index (χ2n) is 5.86. The monoisotopic (exact) mass is 393 g/mol. The molecule has 0 aliphatic rings. The molecule has 0 saturated carbocycles. The lowest BCUT2D eigenvalue weighted by Crippen LogP contribution is -2.07. The van der Waals surface area contributed by atoms with E-state index < -0.39 is 0 Å². The van der Waals surface area contributed by atoms with Crippen LogP contribution in [0, 0.1) is 0 Å². The van der Waals surface area contributed by atoms with Gasteiger partial charge in [-0.2, -0.15) is 0 Å². The zero-order chi connectivity index (χ0) is 19.9. The average Bonchev–Trinajstić information content (AvgIpc) is 3.15. The molecule has 1 aromatic heterocycles. The van der Waals surface area contributed by atoms with E-state index in [-0.39, 0.29) is 11.8 Å². The molecule has 142 valence electrons. The Morgan fingerprint density at radius 3 is 2.54 bits per heavy atom. The molecule has 0 aliphatic carbocycles. The number of carbonyl (C=O) groups is 2. The molecule has 0 aliphatic heterocycles. The van der Waals surface area contributed by atoms with E-state index in [1.165, 1.54) is 24.3 Å². The second kappa shape index (κ2) is 8.96. The lowest BCUT2D eigenvalue weighted by atomic mass is 10.1. The van der Waals surface area contributed by atoms with E-state index in [0.717, 1.165) is 22.5 Å². The van der Waals surface area contributed by atoms with E-state index >= 15 is 0 Å². The SMILES string of the molecule is COc1ccccc1/C=C/C(=O)Nc1nc(-c2ccc(NC(C)=O)cc2)cs1. The van der Waals surface area contributed by atoms with Gasteiger partial charge in [0, 0.05) is 35.2 Å². The third-order valence-corrected chi connectivity index (χ3v) is 4.55. The number of rotatable bonds is 6. The molecule has 2 aromatic carbocycles. The van der Waals surface area contributed by atoms with Crippen LogP contribution in [0.25, 0.3) is 17.3 Å². The zero-order valence-corrected chi connectivity index (χ0v) is 16.2. The molecule has 0 bridgehead atoms. The number of amides is 2. The molecule has 0 atom stereocenters. The van der Waals surface area contributed by atoms with Crippen LogP contribution in [0.4, 0.5) is 10.8 Å². The first-order valence-corrected chi connectivity index (χ1v) is 9.39. The topological polar surface area (TPSA) is 80.3 Å². The van der Waals surface area contributed by atoms with E-state index in [0.29, 0.717) is 10.9 Å². The molecule has 2 N–H and O–H groups in total. The second-order valence-corrected chi connectivity index (χ2v) is 6.72. The van der Waals surface area contributed by atoms with E-state index in [9.17, 15) is 9.59 Å². The molecule has 2 amide bonds. The Morgan fingerprint density at radius 1 is 1.07 bits per heavy atom. The first kappa shape index (κ1) is 19.3. The largest absolute Gasteiger partial charge is 0.496 e. The van der Waals surface area contributed by atoms with Gasteiger partial charge < -0.3 is 10.1 Å². The predicted octanol–water partition coefficient (Wildman–Crippen LogP) is 4.43. The number of methoxy groups -OCH3 is 1. The minimum atomic E-state index is -0.271. The van der Waals surface area contributed by atoms with Crippen LogP contribution in [0.5, 0.6) is 5.75 Å². The Morgan fingerprint density at radius 2 is 1.82 bits per heavy atom. The number of nitrogens with zero attached hydrogens (tertiary/aromatic N) is 1. The highest BCUT2D eigenvalue weighted by Crippen LogP contribution is 2.26. The van der Waals surface area contributed by atoms with Gasteiger partial charge in [0.2, 0.25) is 11.8 Å². The summed E-state index contributed by atoms with van der Waals surface area (Å²) in [5.74, 6) is 0.311. The van der Waals surface area contributed by atoms with Crippen molar-refractivity contribution in [3.63, 3.8) is 0 Å². The summed E-state index contributed by atoms with van der Waals surface area (Å²) in [6.07, 6.45) is 3.14. The molecule has 0 radical (unpaired) electrons. The molecule has 3 rings (SSSR count). The minimum absolute atomic E-state index is 0.118. The number of ether oxygens (including phenoxy) is 1. The van der Waals surface area contributed by atoms with Crippen LogP contribution >= 0.6 is 11.3 Å². The number of hydrogen-bond donors (Lipinski definition) is 2. The number of aromatic nitrogens is 1. The van der Waals surface area contributed by atoms with Gasteiger partial charge in [-0.15, -0.1) is 11.3 Å². The Labute approximate surface area is 166 Å². The molecular weight excluding hydrogens is 374 g/mol. The molecule has 28 heavy (non-hydrogen) atoms. The van der Waals surface area contributed by atoms with Crippen LogP contribution in [-0.4, -0.2) is 23.9 Å². The standard InChI is InChI=1S/C21H19N3O3S/c1-14(25)22-17-10-7-15(8-11-17)18-13-28-21(23-18)24-20(26)12-9-16-5-3-4-6-19(16)27-2/h3-13H,1-2H3,(H,22,25)(H,23,24,26)/b12-9+. The number of benzene rings is 2. The van der Waals surface area contributed by atoms with Gasteiger partial charge in [0.25, 0.3) is 0 Å². The Hall–Kier alpha value is -3.45. The maximum Gasteiger partial charge on any atom is 0.250 e. The first-order valence-electron chi connectivity index (χ1n) is 8.51. The van der Waals surface area contributed by atoms with Gasteiger partial charge >= 0.3 is 0 Å². The Kier molecular flexibility index (Phi) is 6.18. The van der Waals surface area contributed by atoms with Crippen LogP contribution in [-0.2, 0) is 9.59 Å². The van der Waals surface area contributed by atoms with Crippen molar-refractivity contribution in [3.8, 4) is 17.0 Å². The predicted molar refractivity (Wildman–Crippen MR) is 113 cm³/mol. The molecule has 0 unspecified atom stereocenters. The summed E-state index contributed by atoms with van der Waals surface area (Å²) in [5, 5.41) is 7.86. The van der Waals surface area contributed by atoms with Crippen molar-refractivity contribution in [1.29, 1.82) is 0 Å². The first-order chi connectivity index (χ1) is 13.5. The van der Waals surface area contributed by atoms with E-state index in [4.69, 9.17) is 4.74 Å². The van der Waals surface area contributed by atoms with Crippen molar-refractivity contribution in [2.24, 2.45) is 0 Å². The number of nitrogens with one attached hydrogen (secondary N) is 2. The molecule has 7 heteroatoms. The van der Waals surface area contributed by atoms with Crippen molar-refractivity contribution in [2.45, 2.75) is 6.92 Å². The van der Waals surface area contributed by atoms with Crippen molar-refractivity contribution in [2.75, 3.05) is 17.7 Å². The Balaban J connectivity index is 1.64. The molecule has 6 nitrogen and oxygen atoms in total. The van der Waals surface area contributed by atoms with Crippen molar-refractivity contribution < 1.29 is 14.3 Å². The minimum Gasteiger partial charge on any atom is -0.496 e. The van der Waals surface area contributed by atoms with Gasteiger partial charge in [-0.25, -0.2) is 4.98 Å². The summed E-state index contributed by atoms with van der Waals surface area (Å²) in [7, 11) is 1.59. The molecule has 0 fully saturated rings. The lowest BCUT2D eigenvalue weighted by Gasteiger charge is -2.03. The maximum absolute atomic E-state index is 12.2. The summed E-state index contributed by atoms with van der Waals surface area (Å²) in [6.45, 7) is 1.46. The number of para-hydroxylation sites is 1. The number of thiazole rings is 1. The number of hydrogen-bond acceptors (Lipinski definition) is 5. The van der Waals surface area contributed by atoms with Crippen LogP contribution < -0.4 is 15.4 Å². The fraction of sp³-hybridized carbons (Fsp3) is 0.0952. The van der Waals surface area contributed by atoms with Gasteiger partial charge in [0.1, 0.15) is 5.75 Å². The highest BCUT2D eigenvalue weighted by atomic mass is 32.1. The van der Waals surface area contributed by atoms with Crippen molar-refractivity contribution in [3.05, 3.63) is 65.6 Å². The van der Waals surface area contributed by atoms with Gasteiger partial charge in [-0.3, -0.25) is 14.9 Å². The van der Waals surface area contributed by atoms with Crippen LogP contribution in [0.3, 0.4) is 0 Å². The van der Waals surface area contributed by atoms with Crippen molar-refractivity contribution >= 4 is 40.0 Å². The summed E-state index contributed by atoms with van der Waals surface area (Å²) in [4.78, 5) is 27.7.